The molecule has 1 fully saturated rings. The van der Waals surface area contributed by atoms with Crippen molar-refractivity contribution in [3.8, 4) is 0 Å². The lowest BCUT2D eigenvalue weighted by Crippen LogP contribution is -2.38. The topological polar surface area (TPSA) is 121 Å². The SMILES string of the molecule is CC(C)c1noc(C2CCN(C(=O)CCc3n[nH]c(=O)[nH]3)CC2)n1. The summed E-state index contributed by atoms with van der Waals surface area (Å²) in [6.45, 7) is 5.42. The molecule has 0 aliphatic carbocycles. The predicted octanol–water partition coefficient (Wildman–Crippen LogP) is 0.943. The molecular weight excluding hydrogens is 312 g/mol. The van der Waals surface area contributed by atoms with E-state index in [0.717, 1.165) is 18.7 Å². The minimum atomic E-state index is -0.349. The molecule has 9 nitrogen and oxygen atoms in total. The zero-order valence-corrected chi connectivity index (χ0v) is 13.9. The summed E-state index contributed by atoms with van der Waals surface area (Å²) >= 11 is 0. The summed E-state index contributed by atoms with van der Waals surface area (Å²) in [5.74, 6) is 2.46. The third-order valence-electron chi connectivity index (χ3n) is 4.30. The number of carbonyl (C=O) groups excluding carboxylic acids is 1. The van der Waals surface area contributed by atoms with E-state index in [-0.39, 0.29) is 23.4 Å². The molecule has 0 bridgehead atoms. The van der Waals surface area contributed by atoms with Gasteiger partial charge in [0, 0.05) is 37.8 Å². The highest BCUT2D eigenvalue weighted by Gasteiger charge is 2.27. The van der Waals surface area contributed by atoms with E-state index in [1.807, 2.05) is 18.7 Å². The molecular formula is C15H22N6O3. The Balaban J connectivity index is 1.48. The number of hydrogen-bond acceptors (Lipinski definition) is 6. The molecule has 3 rings (SSSR count). The number of carbonyl (C=O) groups is 1. The fourth-order valence-electron chi connectivity index (χ4n) is 2.83. The van der Waals surface area contributed by atoms with Gasteiger partial charge in [0.25, 0.3) is 0 Å². The first-order chi connectivity index (χ1) is 11.5. The number of aromatic nitrogens is 5. The second-order valence-electron chi connectivity index (χ2n) is 6.42. The van der Waals surface area contributed by atoms with Crippen LogP contribution in [0.25, 0.3) is 0 Å². The molecule has 0 unspecified atom stereocenters. The van der Waals surface area contributed by atoms with Crippen LogP contribution in [0.15, 0.2) is 9.32 Å². The molecule has 1 aliphatic heterocycles. The molecule has 0 saturated carbocycles. The van der Waals surface area contributed by atoms with Crippen molar-refractivity contribution in [2.45, 2.75) is 51.4 Å². The number of piperidine rings is 1. The molecule has 24 heavy (non-hydrogen) atoms. The monoisotopic (exact) mass is 334 g/mol. The van der Waals surface area contributed by atoms with E-state index in [4.69, 9.17) is 4.52 Å². The molecule has 2 aromatic heterocycles. The van der Waals surface area contributed by atoms with E-state index in [0.29, 0.717) is 37.6 Å². The minimum absolute atomic E-state index is 0.0747. The van der Waals surface area contributed by atoms with Crippen molar-refractivity contribution in [3.05, 3.63) is 28.0 Å². The van der Waals surface area contributed by atoms with Crippen molar-refractivity contribution in [2.75, 3.05) is 13.1 Å². The number of aromatic amines is 2. The number of rotatable bonds is 5. The maximum absolute atomic E-state index is 12.3. The van der Waals surface area contributed by atoms with Gasteiger partial charge in [-0.15, -0.1) is 0 Å². The van der Waals surface area contributed by atoms with Crippen molar-refractivity contribution in [1.29, 1.82) is 0 Å². The van der Waals surface area contributed by atoms with Gasteiger partial charge in [-0.25, -0.2) is 9.89 Å². The molecule has 2 N–H and O–H groups in total. The lowest BCUT2D eigenvalue weighted by Gasteiger charge is -2.30. The largest absolute Gasteiger partial charge is 0.343 e. The van der Waals surface area contributed by atoms with Crippen molar-refractivity contribution in [1.82, 2.24) is 30.2 Å². The first kappa shape index (κ1) is 16.4. The molecule has 1 amide bonds. The standard InChI is InChI=1S/C15H22N6O3/c1-9(2)13-17-14(24-20-13)10-5-7-21(8-6-10)12(22)4-3-11-16-15(23)19-18-11/h9-10H,3-8H2,1-2H3,(H2,16,18,19,23). The van der Waals surface area contributed by atoms with E-state index in [9.17, 15) is 9.59 Å². The van der Waals surface area contributed by atoms with Gasteiger partial charge < -0.3 is 9.42 Å². The van der Waals surface area contributed by atoms with Crippen LogP contribution in [-0.2, 0) is 11.2 Å². The van der Waals surface area contributed by atoms with E-state index in [1.165, 1.54) is 0 Å². The second kappa shape index (κ2) is 6.98. The summed E-state index contributed by atoms with van der Waals surface area (Å²) in [6, 6.07) is 0. The van der Waals surface area contributed by atoms with Gasteiger partial charge >= 0.3 is 5.69 Å². The zero-order valence-electron chi connectivity index (χ0n) is 13.9. The Morgan fingerprint density at radius 3 is 2.71 bits per heavy atom. The fraction of sp³-hybridized carbons (Fsp3) is 0.667. The molecule has 0 aromatic carbocycles. The maximum atomic E-state index is 12.3. The molecule has 130 valence electrons. The van der Waals surface area contributed by atoms with Crippen LogP contribution in [0.3, 0.4) is 0 Å². The summed E-state index contributed by atoms with van der Waals surface area (Å²) in [4.78, 5) is 32.1. The van der Waals surface area contributed by atoms with Crippen LogP contribution in [-0.4, -0.2) is 49.2 Å². The Bertz CT molecular complexity index is 738. The summed E-state index contributed by atoms with van der Waals surface area (Å²) in [7, 11) is 0. The number of hydrogen-bond donors (Lipinski definition) is 2. The lowest BCUT2D eigenvalue weighted by atomic mass is 9.96. The second-order valence-corrected chi connectivity index (χ2v) is 6.42. The maximum Gasteiger partial charge on any atom is 0.340 e. The van der Waals surface area contributed by atoms with Crippen LogP contribution in [0, 0.1) is 0 Å². The van der Waals surface area contributed by atoms with E-state index in [1.54, 1.807) is 0 Å². The van der Waals surface area contributed by atoms with Gasteiger partial charge in [-0.3, -0.25) is 9.78 Å². The van der Waals surface area contributed by atoms with E-state index in [2.05, 4.69) is 25.3 Å². The summed E-state index contributed by atoms with van der Waals surface area (Å²) in [5, 5.41) is 10.1. The van der Waals surface area contributed by atoms with Gasteiger partial charge in [-0.05, 0) is 12.8 Å². The van der Waals surface area contributed by atoms with Crippen LogP contribution in [0.5, 0.6) is 0 Å². The van der Waals surface area contributed by atoms with Gasteiger partial charge in [0.15, 0.2) is 5.82 Å². The van der Waals surface area contributed by atoms with Crippen molar-refractivity contribution in [2.24, 2.45) is 0 Å². The smallest absolute Gasteiger partial charge is 0.340 e. The first-order valence-corrected chi connectivity index (χ1v) is 8.27. The van der Waals surface area contributed by atoms with Gasteiger partial charge in [-0.2, -0.15) is 10.1 Å². The van der Waals surface area contributed by atoms with Crippen LogP contribution in [0.4, 0.5) is 0 Å². The quantitative estimate of drug-likeness (QED) is 0.839. The van der Waals surface area contributed by atoms with E-state index >= 15 is 0 Å². The molecule has 1 saturated heterocycles. The summed E-state index contributed by atoms with van der Waals surface area (Å²) < 4.78 is 5.36. The Labute approximate surface area is 138 Å². The van der Waals surface area contributed by atoms with Gasteiger partial charge in [0.05, 0.1) is 0 Å². The van der Waals surface area contributed by atoms with Crippen molar-refractivity contribution in [3.63, 3.8) is 0 Å². The molecule has 3 heterocycles. The Kier molecular flexibility index (Phi) is 4.77. The normalized spacial score (nSPS) is 16.0. The molecule has 0 radical (unpaired) electrons. The fourth-order valence-corrected chi connectivity index (χ4v) is 2.83. The number of amides is 1. The lowest BCUT2D eigenvalue weighted by molar-refractivity contribution is -0.132. The third kappa shape index (κ3) is 3.72. The number of likely N-dealkylation sites (tertiary alicyclic amines) is 1. The van der Waals surface area contributed by atoms with Crippen LogP contribution in [0.2, 0.25) is 0 Å². The summed E-state index contributed by atoms with van der Waals surface area (Å²) in [5.41, 5.74) is -0.349. The highest BCUT2D eigenvalue weighted by molar-refractivity contribution is 5.76. The number of nitrogens with one attached hydrogen (secondary N) is 2. The Morgan fingerprint density at radius 1 is 1.38 bits per heavy atom. The molecule has 0 spiro atoms. The summed E-state index contributed by atoms with van der Waals surface area (Å²) in [6.07, 6.45) is 2.41. The third-order valence-corrected chi connectivity index (χ3v) is 4.30. The highest BCUT2D eigenvalue weighted by atomic mass is 16.5. The Morgan fingerprint density at radius 2 is 2.12 bits per heavy atom. The predicted molar refractivity (Wildman–Crippen MR) is 84.5 cm³/mol. The number of H-pyrrole nitrogens is 2. The van der Waals surface area contributed by atoms with E-state index < -0.39 is 0 Å². The highest BCUT2D eigenvalue weighted by Crippen LogP contribution is 2.28. The molecule has 9 heteroatoms. The van der Waals surface area contributed by atoms with Crippen LogP contribution >= 0.6 is 0 Å². The number of aryl methyl sites for hydroxylation is 1. The van der Waals surface area contributed by atoms with Gasteiger partial charge in [0.2, 0.25) is 11.8 Å². The average molecular weight is 334 g/mol. The number of nitrogens with zero attached hydrogens (tertiary/aromatic N) is 4. The average Bonchev–Trinajstić information content (AvgIpc) is 3.22. The van der Waals surface area contributed by atoms with Crippen LogP contribution in [0.1, 0.15) is 62.5 Å². The molecule has 2 aromatic rings. The Hall–Kier alpha value is -2.45. The minimum Gasteiger partial charge on any atom is -0.343 e. The van der Waals surface area contributed by atoms with Gasteiger partial charge in [-0.1, -0.05) is 19.0 Å². The molecule has 1 aliphatic rings. The van der Waals surface area contributed by atoms with Gasteiger partial charge in [0.1, 0.15) is 5.82 Å². The first-order valence-electron chi connectivity index (χ1n) is 8.27. The van der Waals surface area contributed by atoms with Crippen molar-refractivity contribution >= 4 is 5.91 Å². The zero-order chi connectivity index (χ0) is 17.1. The van der Waals surface area contributed by atoms with Crippen molar-refractivity contribution < 1.29 is 9.32 Å². The van der Waals surface area contributed by atoms with Crippen LogP contribution < -0.4 is 5.69 Å². The molecule has 0 atom stereocenters.